The number of alkyl halides is 3. The standard InChI is InChI=1S/C22H33N3O3.C2HF3O2/c1-14(2)5-8-24-12-17-18(13-24)22(23-20(17)26)6-9-25(10-7-22)21(27)19-11-15(3)16(4)28-19;3-2(4,5)1(6)7/h11,14,17-18H,5-10,12-13H2,1-4H3,(H,23,26);(H,6,7)/t17-,18+;/m1./s1. The molecule has 1 aromatic heterocycles. The van der Waals surface area contributed by atoms with E-state index < -0.39 is 12.1 Å². The number of hydrogen-bond acceptors (Lipinski definition) is 5. The molecular weight excluding hydrogens is 467 g/mol. The van der Waals surface area contributed by atoms with Gasteiger partial charge in [-0.05, 0) is 57.2 Å². The first-order valence-corrected chi connectivity index (χ1v) is 11.9. The highest BCUT2D eigenvalue weighted by molar-refractivity contribution is 5.92. The lowest BCUT2D eigenvalue weighted by Crippen LogP contribution is -2.56. The Kier molecular flexibility index (Phi) is 7.88. The van der Waals surface area contributed by atoms with Gasteiger partial charge in [-0.3, -0.25) is 9.59 Å². The Hall–Kier alpha value is -2.56. The SMILES string of the molecule is Cc1cc(C(=O)N2CCC3(CC2)NC(=O)[C@@H]2CN(CCC(C)C)C[C@@H]23)oc1C.O=C(O)C(F)(F)F. The Morgan fingerprint density at radius 1 is 1.23 bits per heavy atom. The van der Waals surface area contributed by atoms with Gasteiger partial charge in [0.2, 0.25) is 5.91 Å². The van der Waals surface area contributed by atoms with Crippen LogP contribution in [-0.4, -0.2) is 77.1 Å². The zero-order chi connectivity index (χ0) is 26.1. The smallest absolute Gasteiger partial charge is 0.475 e. The number of piperidine rings is 1. The van der Waals surface area contributed by atoms with Crippen molar-refractivity contribution in [1.82, 2.24) is 15.1 Å². The number of nitrogens with zero attached hydrogens (tertiary/aromatic N) is 2. The van der Waals surface area contributed by atoms with Crippen LogP contribution in [0.15, 0.2) is 10.5 Å². The molecule has 196 valence electrons. The number of nitrogens with one attached hydrogen (secondary N) is 1. The molecule has 1 aromatic rings. The largest absolute Gasteiger partial charge is 0.490 e. The maximum atomic E-state index is 12.8. The molecule has 3 aliphatic heterocycles. The van der Waals surface area contributed by atoms with Crippen LogP contribution in [0, 0.1) is 31.6 Å². The molecule has 0 aromatic carbocycles. The van der Waals surface area contributed by atoms with Crippen molar-refractivity contribution in [2.45, 2.75) is 58.7 Å². The van der Waals surface area contributed by atoms with E-state index in [0.717, 1.165) is 43.8 Å². The average Bonchev–Trinajstić information content (AvgIpc) is 3.42. The number of carboxylic acids is 1. The monoisotopic (exact) mass is 501 g/mol. The summed E-state index contributed by atoms with van der Waals surface area (Å²) in [6.07, 6.45) is -2.23. The van der Waals surface area contributed by atoms with Crippen molar-refractivity contribution in [2.24, 2.45) is 17.8 Å². The first-order valence-electron chi connectivity index (χ1n) is 11.9. The molecule has 2 atom stereocenters. The molecule has 2 amide bonds. The van der Waals surface area contributed by atoms with E-state index in [2.05, 4.69) is 24.1 Å². The fourth-order valence-electron chi connectivity index (χ4n) is 5.20. The number of carboxylic acid groups (broad SMARTS) is 1. The number of amides is 2. The second-order valence-electron chi connectivity index (χ2n) is 10.2. The molecular formula is C24H34F3N3O5. The quantitative estimate of drug-likeness (QED) is 0.657. The molecule has 3 aliphatic rings. The maximum absolute atomic E-state index is 12.8. The van der Waals surface area contributed by atoms with Gasteiger partial charge in [0.1, 0.15) is 5.76 Å². The number of aryl methyl sites for hydroxylation is 2. The van der Waals surface area contributed by atoms with E-state index in [-0.39, 0.29) is 23.3 Å². The highest BCUT2D eigenvalue weighted by atomic mass is 19.4. The Morgan fingerprint density at radius 3 is 2.31 bits per heavy atom. The van der Waals surface area contributed by atoms with Crippen LogP contribution in [0.25, 0.3) is 0 Å². The van der Waals surface area contributed by atoms with E-state index in [1.165, 1.54) is 6.42 Å². The molecule has 2 N–H and O–H groups in total. The Bertz CT molecular complexity index is 931. The highest BCUT2D eigenvalue weighted by Gasteiger charge is 2.57. The van der Waals surface area contributed by atoms with Crippen molar-refractivity contribution in [1.29, 1.82) is 0 Å². The molecule has 3 saturated heterocycles. The first-order chi connectivity index (χ1) is 16.2. The number of fused-ring (bicyclic) bond motifs is 2. The highest BCUT2D eigenvalue weighted by Crippen LogP contribution is 2.44. The molecule has 1 spiro atoms. The van der Waals surface area contributed by atoms with Gasteiger partial charge in [0.05, 0.1) is 5.92 Å². The third kappa shape index (κ3) is 5.99. The van der Waals surface area contributed by atoms with Crippen molar-refractivity contribution in [3.63, 3.8) is 0 Å². The van der Waals surface area contributed by atoms with Crippen molar-refractivity contribution in [3.8, 4) is 0 Å². The van der Waals surface area contributed by atoms with E-state index in [1.807, 2.05) is 24.8 Å². The molecule has 4 heterocycles. The number of likely N-dealkylation sites (tertiary alicyclic amines) is 2. The summed E-state index contributed by atoms with van der Waals surface area (Å²) in [5, 5.41) is 10.5. The number of carbonyl (C=O) groups is 3. The van der Waals surface area contributed by atoms with Crippen molar-refractivity contribution >= 4 is 17.8 Å². The normalized spacial score (nSPS) is 23.8. The summed E-state index contributed by atoms with van der Waals surface area (Å²) >= 11 is 0. The third-order valence-corrected chi connectivity index (χ3v) is 7.40. The fourth-order valence-corrected chi connectivity index (χ4v) is 5.20. The van der Waals surface area contributed by atoms with Crippen LogP contribution in [0.5, 0.6) is 0 Å². The van der Waals surface area contributed by atoms with Gasteiger partial charge in [-0.2, -0.15) is 13.2 Å². The van der Waals surface area contributed by atoms with Gasteiger partial charge < -0.3 is 24.6 Å². The number of hydrogen-bond donors (Lipinski definition) is 2. The van der Waals surface area contributed by atoms with Crippen LogP contribution in [0.1, 0.15) is 55.0 Å². The number of furan rings is 1. The van der Waals surface area contributed by atoms with Crippen LogP contribution < -0.4 is 5.32 Å². The summed E-state index contributed by atoms with van der Waals surface area (Å²) in [6.45, 7) is 12.7. The molecule has 0 radical (unpaired) electrons. The molecule has 0 unspecified atom stereocenters. The van der Waals surface area contributed by atoms with Crippen LogP contribution in [0.3, 0.4) is 0 Å². The van der Waals surface area contributed by atoms with Crippen LogP contribution >= 0.6 is 0 Å². The number of halogens is 3. The number of aliphatic carboxylic acids is 1. The second kappa shape index (κ2) is 10.2. The maximum Gasteiger partial charge on any atom is 0.490 e. The average molecular weight is 502 g/mol. The summed E-state index contributed by atoms with van der Waals surface area (Å²) in [5.41, 5.74) is 0.871. The molecule has 8 nitrogen and oxygen atoms in total. The molecule has 35 heavy (non-hydrogen) atoms. The van der Waals surface area contributed by atoms with Crippen LogP contribution in [0.4, 0.5) is 13.2 Å². The van der Waals surface area contributed by atoms with Crippen molar-refractivity contribution in [2.75, 3.05) is 32.7 Å². The lowest BCUT2D eigenvalue weighted by atomic mass is 9.75. The molecule has 3 fully saturated rings. The van der Waals surface area contributed by atoms with Crippen LogP contribution in [0.2, 0.25) is 0 Å². The summed E-state index contributed by atoms with van der Waals surface area (Å²) in [4.78, 5) is 38.7. The lowest BCUT2D eigenvalue weighted by Gasteiger charge is -2.42. The predicted molar refractivity (Wildman–Crippen MR) is 121 cm³/mol. The molecule has 11 heteroatoms. The second-order valence-corrected chi connectivity index (χ2v) is 10.2. The van der Waals surface area contributed by atoms with E-state index in [4.69, 9.17) is 14.3 Å². The third-order valence-electron chi connectivity index (χ3n) is 7.40. The van der Waals surface area contributed by atoms with E-state index in [0.29, 0.717) is 30.7 Å². The zero-order valence-corrected chi connectivity index (χ0v) is 20.6. The summed E-state index contributed by atoms with van der Waals surface area (Å²) in [5.74, 6) is -0.164. The molecule has 0 aliphatic carbocycles. The predicted octanol–water partition coefficient (Wildman–Crippen LogP) is 3.23. The minimum absolute atomic E-state index is 0.0306. The minimum atomic E-state index is -5.08. The van der Waals surface area contributed by atoms with Gasteiger partial charge in [0, 0.05) is 37.6 Å². The van der Waals surface area contributed by atoms with E-state index in [1.54, 1.807) is 0 Å². The summed E-state index contributed by atoms with van der Waals surface area (Å²) < 4.78 is 37.4. The lowest BCUT2D eigenvalue weighted by molar-refractivity contribution is -0.192. The van der Waals surface area contributed by atoms with E-state index in [9.17, 15) is 22.8 Å². The molecule has 0 saturated carbocycles. The van der Waals surface area contributed by atoms with Gasteiger partial charge in [0.25, 0.3) is 5.91 Å². The van der Waals surface area contributed by atoms with Gasteiger partial charge in [0.15, 0.2) is 5.76 Å². The Morgan fingerprint density at radius 2 is 1.83 bits per heavy atom. The fraction of sp³-hybridized carbons (Fsp3) is 0.708. The molecule has 4 rings (SSSR count). The van der Waals surface area contributed by atoms with Crippen molar-refractivity contribution < 1.29 is 37.1 Å². The van der Waals surface area contributed by atoms with Gasteiger partial charge in [-0.25, -0.2) is 4.79 Å². The summed E-state index contributed by atoms with van der Waals surface area (Å²) in [7, 11) is 0. The van der Waals surface area contributed by atoms with Crippen molar-refractivity contribution in [3.05, 3.63) is 23.2 Å². The Balaban J connectivity index is 0.000000429. The van der Waals surface area contributed by atoms with E-state index >= 15 is 0 Å². The number of carbonyl (C=O) groups excluding carboxylic acids is 2. The van der Waals surface area contributed by atoms with Gasteiger partial charge in [-0.15, -0.1) is 0 Å². The Labute approximate surface area is 202 Å². The topological polar surface area (TPSA) is 103 Å². The summed E-state index contributed by atoms with van der Waals surface area (Å²) in [6, 6.07) is 1.83. The molecule has 0 bridgehead atoms. The minimum Gasteiger partial charge on any atom is -0.475 e. The van der Waals surface area contributed by atoms with Crippen LogP contribution in [-0.2, 0) is 9.59 Å². The first kappa shape index (κ1) is 27.0. The van der Waals surface area contributed by atoms with Gasteiger partial charge in [-0.1, -0.05) is 13.8 Å². The number of rotatable bonds is 4. The zero-order valence-electron chi connectivity index (χ0n) is 20.6. The van der Waals surface area contributed by atoms with Gasteiger partial charge >= 0.3 is 12.1 Å².